The molecule has 1 unspecified atom stereocenters. The van der Waals surface area contributed by atoms with E-state index in [1.54, 1.807) is 0 Å². The highest BCUT2D eigenvalue weighted by atomic mass is 79.9. The molecule has 0 spiro atoms. The summed E-state index contributed by atoms with van der Waals surface area (Å²) >= 11 is 9.79. The van der Waals surface area contributed by atoms with Crippen LogP contribution in [0.5, 0.6) is 5.75 Å². The van der Waals surface area contributed by atoms with E-state index in [4.69, 9.17) is 16.3 Å². The second kappa shape index (κ2) is 7.30. The first-order valence-corrected chi connectivity index (χ1v) is 8.07. The maximum Gasteiger partial charge on any atom is 0.119 e. The molecule has 2 aromatic rings. The van der Waals surface area contributed by atoms with E-state index in [2.05, 4.69) is 33.4 Å². The second-order valence-electron chi connectivity index (χ2n) is 5.12. The van der Waals surface area contributed by atoms with Gasteiger partial charge in [-0.2, -0.15) is 0 Å². The number of halogens is 2. The van der Waals surface area contributed by atoms with Gasteiger partial charge in [-0.3, -0.25) is 0 Å². The Labute approximate surface area is 139 Å². The van der Waals surface area contributed by atoms with Gasteiger partial charge in [0.1, 0.15) is 5.75 Å². The van der Waals surface area contributed by atoms with E-state index in [9.17, 15) is 0 Å². The van der Waals surface area contributed by atoms with Crippen molar-refractivity contribution in [2.24, 2.45) is 0 Å². The van der Waals surface area contributed by atoms with E-state index in [0.29, 0.717) is 0 Å². The Hall–Kier alpha value is -1.03. The Morgan fingerprint density at radius 2 is 1.76 bits per heavy atom. The number of benzene rings is 2. The minimum atomic E-state index is 0.0544. The van der Waals surface area contributed by atoms with Crippen molar-refractivity contribution in [1.29, 1.82) is 0 Å². The fourth-order valence-corrected chi connectivity index (χ4v) is 3.03. The molecule has 2 rings (SSSR count). The summed E-state index contributed by atoms with van der Waals surface area (Å²) in [6.45, 7) is 4.04. The first kappa shape index (κ1) is 16.3. The maximum atomic E-state index is 6.36. The van der Waals surface area contributed by atoms with E-state index >= 15 is 0 Å². The summed E-state index contributed by atoms with van der Waals surface area (Å²) in [4.78, 5) is 0. The normalized spacial score (nSPS) is 12.5. The second-order valence-corrected chi connectivity index (χ2v) is 6.45. The summed E-state index contributed by atoms with van der Waals surface area (Å²) in [5, 5.41) is 4.06. The lowest BCUT2D eigenvalue weighted by molar-refractivity contribution is 0.242. The highest BCUT2D eigenvalue weighted by Gasteiger charge is 2.15. The highest BCUT2D eigenvalue weighted by Crippen LogP contribution is 2.31. The monoisotopic (exact) mass is 367 g/mol. The lowest BCUT2D eigenvalue weighted by atomic mass is 9.99. The lowest BCUT2D eigenvalue weighted by Gasteiger charge is -2.19. The third-order valence-corrected chi connectivity index (χ3v) is 3.97. The van der Waals surface area contributed by atoms with Gasteiger partial charge in [-0.05, 0) is 56.3 Å². The summed E-state index contributed by atoms with van der Waals surface area (Å²) in [6.07, 6.45) is 0.178. The topological polar surface area (TPSA) is 21.3 Å². The van der Waals surface area contributed by atoms with Crippen molar-refractivity contribution in [2.45, 2.75) is 26.0 Å². The molecule has 2 aromatic carbocycles. The van der Waals surface area contributed by atoms with Gasteiger partial charge in [0.25, 0.3) is 0 Å². The fourth-order valence-electron chi connectivity index (χ4n) is 2.25. The molecule has 21 heavy (non-hydrogen) atoms. The van der Waals surface area contributed by atoms with Gasteiger partial charge in [0.2, 0.25) is 0 Å². The lowest BCUT2D eigenvalue weighted by Crippen LogP contribution is -2.18. The SMILES string of the molecule is CNC(c1ccc(OC(C)C)cc1)c1ccc(Br)cc1Cl. The van der Waals surface area contributed by atoms with Crippen molar-refractivity contribution >= 4 is 27.5 Å². The molecule has 0 aliphatic heterocycles. The van der Waals surface area contributed by atoms with Gasteiger partial charge in [-0.25, -0.2) is 0 Å². The molecule has 0 radical (unpaired) electrons. The molecule has 0 amide bonds. The molecular formula is C17H19BrClNO. The number of hydrogen-bond donors (Lipinski definition) is 1. The summed E-state index contributed by atoms with van der Waals surface area (Å²) in [5.74, 6) is 0.880. The van der Waals surface area contributed by atoms with Gasteiger partial charge >= 0.3 is 0 Å². The first-order valence-electron chi connectivity index (χ1n) is 6.90. The van der Waals surface area contributed by atoms with E-state index in [1.165, 1.54) is 0 Å². The van der Waals surface area contributed by atoms with Gasteiger partial charge in [0.15, 0.2) is 0 Å². The van der Waals surface area contributed by atoms with Crippen LogP contribution in [0.2, 0.25) is 5.02 Å². The average Bonchev–Trinajstić information content (AvgIpc) is 2.43. The van der Waals surface area contributed by atoms with Crippen LogP contribution in [0, 0.1) is 0 Å². The van der Waals surface area contributed by atoms with E-state index in [0.717, 1.165) is 26.4 Å². The summed E-state index contributed by atoms with van der Waals surface area (Å²) in [5.41, 5.74) is 2.21. The van der Waals surface area contributed by atoms with Gasteiger partial charge in [0.05, 0.1) is 12.1 Å². The molecule has 0 fully saturated rings. The molecule has 0 aliphatic carbocycles. The van der Waals surface area contributed by atoms with Crippen molar-refractivity contribution in [3.05, 3.63) is 63.1 Å². The Morgan fingerprint density at radius 1 is 1.10 bits per heavy atom. The van der Waals surface area contributed by atoms with Crippen LogP contribution in [-0.4, -0.2) is 13.2 Å². The standard InChI is InChI=1S/C17H19BrClNO/c1-11(2)21-14-7-4-12(5-8-14)17(20-3)15-9-6-13(18)10-16(15)19/h4-11,17,20H,1-3H3. The van der Waals surface area contributed by atoms with E-state index in [1.807, 2.05) is 51.2 Å². The Morgan fingerprint density at radius 3 is 2.29 bits per heavy atom. The zero-order valence-corrected chi connectivity index (χ0v) is 14.7. The van der Waals surface area contributed by atoms with Crippen LogP contribution < -0.4 is 10.1 Å². The van der Waals surface area contributed by atoms with Crippen LogP contribution in [-0.2, 0) is 0 Å². The van der Waals surface area contributed by atoms with Crippen molar-refractivity contribution in [3.8, 4) is 5.75 Å². The molecule has 0 bridgehead atoms. The van der Waals surface area contributed by atoms with Crippen LogP contribution in [0.4, 0.5) is 0 Å². The van der Waals surface area contributed by atoms with Crippen molar-refractivity contribution in [2.75, 3.05) is 7.05 Å². The summed E-state index contributed by atoms with van der Waals surface area (Å²) < 4.78 is 6.65. The average molecular weight is 369 g/mol. The number of nitrogens with one attached hydrogen (secondary N) is 1. The van der Waals surface area contributed by atoms with Crippen molar-refractivity contribution in [1.82, 2.24) is 5.32 Å². The Balaban J connectivity index is 2.28. The van der Waals surface area contributed by atoms with E-state index in [-0.39, 0.29) is 12.1 Å². The molecule has 4 heteroatoms. The van der Waals surface area contributed by atoms with Crippen LogP contribution >= 0.6 is 27.5 Å². The number of rotatable bonds is 5. The molecular weight excluding hydrogens is 350 g/mol. The first-order chi connectivity index (χ1) is 10.0. The molecule has 2 nitrogen and oxygen atoms in total. The largest absolute Gasteiger partial charge is 0.491 e. The van der Waals surface area contributed by atoms with Gasteiger partial charge < -0.3 is 10.1 Å². The minimum absolute atomic E-state index is 0.0544. The Bertz CT molecular complexity index is 598. The molecule has 0 aromatic heterocycles. The Kier molecular flexibility index (Phi) is 5.68. The minimum Gasteiger partial charge on any atom is -0.491 e. The molecule has 0 saturated carbocycles. The van der Waals surface area contributed by atoms with Gasteiger partial charge in [-0.15, -0.1) is 0 Å². The molecule has 0 heterocycles. The molecule has 1 N–H and O–H groups in total. The van der Waals surface area contributed by atoms with Crippen LogP contribution in [0.3, 0.4) is 0 Å². The molecule has 1 atom stereocenters. The highest BCUT2D eigenvalue weighted by molar-refractivity contribution is 9.10. The van der Waals surface area contributed by atoms with Crippen molar-refractivity contribution < 1.29 is 4.74 Å². The van der Waals surface area contributed by atoms with E-state index < -0.39 is 0 Å². The smallest absolute Gasteiger partial charge is 0.119 e. The number of hydrogen-bond acceptors (Lipinski definition) is 2. The van der Waals surface area contributed by atoms with Crippen LogP contribution in [0.1, 0.15) is 31.0 Å². The zero-order chi connectivity index (χ0) is 15.4. The van der Waals surface area contributed by atoms with Crippen LogP contribution in [0.15, 0.2) is 46.9 Å². The third kappa shape index (κ3) is 4.22. The summed E-state index contributed by atoms with van der Waals surface area (Å²) in [6, 6.07) is 14.1. The molecule has 112 valence electrons. The predicted octanol–water partition coefficient (Wildman–Crippen LogP) is 5.20. The zero-order valence-electron chi connectivity index (χ0n) is 12.4. The van der Waals surface area contributed by atoms with Crippen LogP contribution in [0.25, 0.3) is 0 Å². The summed E-state index contributed by atoms with van der Waals surface area (Å²) in [7, 11) is 1.93. The maximum absolute atomic E-state index is 6.36. The fraction of sp³-hybridized carbons (Fsp3) is 0.294. The third-order valence-electron chi connectivity index (χ3n) is 3.15. The number of ether oxygens (including phenoxy) is 1. The molecule has 0 saturated heterocycles. The van der Waals surface area contributed by atoms with Gasteiger partial charge in [0, 0.05) is 9.50 Å². The molecule has 0 aliphatic rings. The van der Waals surface area contributed by atoms with Gasteiger partial charge in [-0.1, -0.05) is 45.7 Å². The van der Waals surface area contributed by atoms with Crippen molar-refractivity contribution in [3.63, 3.8) is 0 Å². The predicted molar refractivity (Wildman–Crippen MR) is 92.3 cm³/mol. The quantitative estimate of drug-likeness (QED) is 0.783.